The molecule has 0 atom stereocenters. The summed E-state index contributed by atoms with van der Waals surface area (Å²) in [6.07, 6.45) is 1.85. The van der Waals surface area contributed by atoms with Crippen LogP contribution in [0.1, 0.15) is 26.4 Å². The number of fused-ring (bicyclic) bond motifs is 1. The van der Waals surface area contributed by atoms with Crippen LogP contribution in [0.25, 0.3) is 6.08 Å². The van der Waals surface area contributed by atoms with Crippen molar-refractivity contribution in [2.24, 2.45) is 0 Å². The largest absolute Gasteiger partial charge is 0.452 e. The number of Topliss-reactive ketones (excluding diaryl/α,β-unsaturated/α-hetero) is 1. The molecule has 0 aliphatic carbocycles. The number of thiophene rings is 1. The van der Waals surface area contributed by atoms with Gasteiger partial charge in [0.15, 0.2) is 5.76 Å². The van der Waals surface area contributed by atoms with Gasteiger partial charge >= 0.3 is 5.97 Å². The molecule has 3 aromatic rings. The molecule has 0 saturated carbocycles. The number of carbonyl (C=O) groups excluding carboxylic acids is 2. The lowest BCUT2D eigenvalue weighted by molar-refractivity contribution is -0.133. The fraction of sp³-hybridized carbons (Fsp3) is 0.0909. The van der Waals surface area contributed by atoms with Crippen molar-refractivity contribution in [3.05, 3.63) is 86.3 Å². The van der Waals surface area contributed by atoms with E-state index in [1.807, 2.05) is 23.6 Å². The molecule has 0 amide bonds. The van der Waals surface area contributed by atoms with E-state index in [1.165, 1.54) is 11.3 Å². The molecule has 2 aromatic carbocycles. The average molecular weight is 411 g/mol. The molecule has 1 aliphatic heterocycles. The molecule has 0 spiro atoms. The fourth-order valence-electron chi connectivity index (χ4n) is 2.94. The van der Waals surface area contributed by atoms with Gasteiger partial charge in [0.2, 0.25) is 5.78 Å². The second kappa shape index (κ2) is 7.62. The minimum Gasteiger partial charge on any atom is -0.452 e. The molecule has 28 heavy (non-hydrogen) atoms. The van der Waals surface area contributed by atoms with E-state index in [-0.39, 0.29) is 23.9 Å². The maximum atomic E-state index is 12.7. The molecule has 4 rings (SSSR count). The van der Waals surface area contributed by atoms with Crippen LogP contribution in [0.5, 0.6) is 11.5 Å². The first kappa shape index (κ1) is 18.5. The minimum absolute atomic E-state index is 0.202. The van der Waals surface area contributed by atoms with Gasteiger partial charge in [0.25, 0.3) is 0 Å². The predicted octanol–water partition coefficient (Wildman–Crippen LogP) is 5.47. The summed E-state index contributed by atoms with van der Waals surface area (Å²) < 4.78 is 11.3. The summed E-state index contributed by atoms with van der Waals surface area (Å²) in [5, 5.41) is 2.49. The summed E-state index contributed by atoms with van der Waals surface area (Å²) in [5.41, 5.74) is 1.83. The Morgan fingerprint density at radius 1 is 1.21 bits per heavy atom. The Morgan fingerprint density at radius 3 is 2.82 bits per heavy atom. The zero-order valence-corrected chi connectivity index (χ0v) is 16.5. The third-order valence-electron chi connectivity index (χ3n) is 4.31. The van der Waals surface area contributed by atoms with Crippen LogP contribution in [0.4, 0.5) is 0 Å². The zero-order chi connectivity index (χ0) is 19.7. The number of ketones is 1. The van der Waals surface area contributed by atoms with E-state index in [1.54, 1.807) is 43.3 Å². The average Bonchev–Trinajstić information content (AvgIpc) is 3.27. The van der Waals surface area contributed by atoms with Crippen LogP contribution in [0.15, 0.2) is 59.7 Å². The van der Waals surface area contributed by atoms with Gasteiger partial charge < -0.3 is 9.47 Å². The van der Waals surface area contributed by atoms with Crippen LogP contribution in [-0.4, -0.2) is 11.8 Å². The molecule has 0 bridgehead atoms. The van der Waals surface area contributed by atoms with Crippen molar-refractivity contribution in [1.82, 2.24) is 0 Å². The standard InChI is InChI=1S/C22H15ClO4S/c1-13-18(26-20(24)12-16-6-3-9-28-16)8-7-17-21(25)19(27-22(13)17)11-14-4-2-5-15(23)10-14/h2-11H,12H2,1H3/b19-11-. The first-order chi connectivity index (χ1) is 13.5. The maximum Gasteiger partial charge on any atom is 0.316 e. The highest BCUT2D eigenvalue weighted by molar-refractivity contribution is 7.10. The Balaban J connectivity index is 1.57. The van der Waals surface area contributed by atoms with Crippen LogP contribution in [0.3, 0.4) is 0 Å². The number of allylic oxidation sites excluding steroid dienone is 1. The number of hydrogen-bond acceptors (Lipinski definition) is 5. The van der Waals surface area contributed by atoms with E-state index in [0.717, 1.165) is 10.4 Å². The molecule has 1 aliphatic rings. The highest BCUT2D eigenvalue weighted by atomic mass is 35.5. The fourth-order valence-corrected chi connectivity index (χ4v) is 3.83. The highest BCUT2D eigenvalue weighted by Gasteiger charge is 2.30. The highest BCUT2D eigenvalue weighted by Crippen LogP contribution is 2.39. The Labute approximate surface area is 171 Å². The Kier molecular flexibility index (Phi) is 5.03. The van der Waals surface area contributed by atoms with Gasteiger partial charge in [0.05, 0.1) is 12.0 Å². The molecule has 0 saturated heterocycles. The Bertz CT molecular complexity index is 1100. The molecule has 0 radical (unpaired) electrons. The SMILES string of the molecule is Cc1c(OC(=O)Cc2cccs2)ccc2c1O/C(=C\c1cccc(Cl)c1)C2=O. The smallest absolute Gasteiger partial charge is 0.316 e. The summed E-state index contributed by atoms with van der Waals surface area (Å²) in [6.45, 7) is 1.77. The van der Waals surface area contributed by atoms with Gasteiger partial charge in [0.1, 0.15) is 11.5 Å². The van der Waals surface area contributed by atoms with Gasteiger partial charge in [-0.05, 0) is 54.3 Å². The quantitative estimate of drug-likeness (QED) is 0.325. The van der Waals surface area contributed by atoms with Crippen molar-refractivity contribution in [3.8, 4) is 11.5 Å². The van der Waals surface area contributed by atoms with Crippen LogP contribution >= 0.6 is 22.9 Å². The summed E-state index contributed by atoms with van der Waals surface area (Å²) in [7, 11) is 0. The molecule has 0 N–H and O–H groups in total. The van der Waals surface area contributed by atoms with E-state index in [0.29, 0.717) is 27.6 Å². The van der Waals surface area contributed by atoms with E-state index in [2.05, 4.69) is 0 Å². The molecular formula is C22H15ClO4S. The molecule has 6 heteroatoms. The molecule has 0 unspecified atom stereocenters. The maximum absolute atomic E-state index is 12.7. The van der Waals surface area contributed by atoms with Gasteiger partial charge in [-0.2, -0.15) is 0 Å². The van der Waals surface area contributed by atoms with Crippen LogP contribution in [0.2, 0.25) is 5.02 Å². The van der Waals surface area contributed by atoms with Crippen molar-refractivity contribution >= 4 is 40.8 Å². The molecule has 140 valence electrons. The molecule has 1 aromatic heterocycles. The van der Waals surface area contributed by atoms with Crippen molar-refractivity contribution in [3.63, 3.8) is 0 Å². The van der Waals surface area contributed by atoms with Crippen LogP contribution in [-0.2, 0) is 11.2 Å². The second-order valence-corrected chi connectivity index (χ2v) is 7.76. The number of hydrogen-bond donors (Lipinski definition) is 0. The topological polar surface area (TPSA) is 52.6 Å². The van der Waals surface area contributed by atoms with E-state index < -0.39 is 0 Å². The Hall–Kier alpha value is -2.89. The lowest BCUT2D eigenvalue weighted by Crippen LogP contribution is -2.11. The third-order valence-corrected chi connectivity index (χ3v) is 5.42. The monoisotopic (exact) mass is 410 g/mol. The number of halogens is 1. The lowest BCUT2D eigenvalue weighted by atomic mass is 10.1. The summed E-state index contributed by atoms with van der Waals surface area (Å²) >= 11 is 7.50. The number of benzene rings is 2. The van der Waals surface area contributed by atoms with Gasteiger partial charge in [-0.3, -0.25) is 9.59 Å². The van der Waals surface area contributed by atoms with Crippen molar-refractivity contribution in [2.75, 3.05) is 0 Å². The minimum atomic E-state index is -0.357. The van der Waals surface area contributed by atoms with Crippen molar-refractivity contribution < 1.29 is 19.1 Å². The van der Waals surface area contributed by atoms with Crippen molar-refractivity contribution in [2.45, 2.75) is 13.3 Å². The second-order valence-electron chi connectivity index (χ2n) is 6.29. The zero-order valence-electron chi connectivity index (χ0n) is 14.9. The molecule has 4 nitrogen and oxygen atoms in total. The van der Waals surface area contributed by atoms with Crippen LogP contribution < -0.4 is 9.47 Å². The van der Waals surface area contributed by atoms with E-state index in [4.69, 9.17) is 21.1 Å². The predicted molar refractivity (Wildman–Crippen MR) is 109 cm³/mol. The first-order valence-electron chi connectivity index (χ1n) is 8.58. The lowest BCUT2D eigenvalue weighted by Gasteiger charge is -2.09. The van der Waals surface area contributed by atoms with Crippen molar-refractivity contribution in [1.29, 1.82) is 0 Å². The first-order valence-corrected chi connectivity index (χ1v) is 9.83. The normalized spacial score (nSPS) is 14.1. The van der Waals surface area contributed by atoms with E-state index in [9.17, 15) is 9.59 Å². The van der Waals surface area contributed by atoms with E-state index >= 15 is 0 Å². The number of rotatable bonds is 4. The number of carbonyl (C=O) groups is 2. The summed E-state index contributed by atoms with van der Waals surface area (Å²) in [5.74, 6) is 0.443. The molecular weight excluding hydrogens is 396 g/mol. The number of esters is 1. The number of ether oxygens (including phenoxy) is 2. The third kappa shape index (κ3) is 3.72. The van der Waals surface area contributed by atoms with Crippen LogP contribution in [0, 0.1) is 6.92 Å². The molecule has 0 fully saturated rings. The molecule has 2 heterocycles. The van der Waals surface area contributed by atoms with Gasteiger partial charge in [0, 0.05) is 15.5 Å². The van der Waals surface area contributed by atoms with Gasteiger partial charge in [-0.15, -0.1) is 11.3 Å². The van der Waals surface area contributed by atoms with Gasteiger partial charge in [-0.1, -0.05) is 29.8 Å². The summed E-state index contributed by atoms with van der Waals surface area (Å²) in [6, 6.07) is 14.2. The van der Waals surface area contributed by atoms with Gasteiger partial charge in [-0.25, -0.2) is 0 Å². The summed E-state index contributed by atoms with van der Waals surface area (Å²) in [4.78, 5) is 25.8. The Morgan fingerprint density at radius 2 is 2.07 bits per heavy atom.